The molecule has 100 valence electrons. The van der Waals surface area contributed by atoms with Crippen LogP contribution in [0.25, 0.3) is 5.82 Å². The SMILES string of the molecule is S=c1[nH]nc(COc2ccccc2)n1-c1ccccn1. The monoisotopic (exact) mass is 284 g/mol. The highest BCUT2D eigenvalue weighted by Gasteiger charge is 2.09. The van der Waals surface area contributed by atoms with Crippen LogP contribution in [0.1, 0.15) is 5.82 Å². The second kappa shape index (κ2) is 5.66. The molecule has 5 nitrogen and oxygen atoms in total. The number of benzene rings is 1. The predicted octanol–water partition coefficient (Wildman–Crippen LogP) is 2.90. The first-order chi connectivity index (χ1) is 9.84. The fourth-order valence-corrected chi connectivity index (χ4v) is 2.06. The van der Waals surface area contributed by atoms with E-state index in [0.29, 0.717) is 17.2 Å². The van der Waals surface area contributed by atoms with Crippen molar-refractivity contribution in [2.75, 3.05) is 0 Å². The van der Waals surface area contributed by atoms with Crippen molar-refractivity contribution in [3.63, 3.8) is 0 Å². The van der Waals surface area contributed by atoms with Crippen molar-refractivity contribution < 1.29 is 4.74 Å². The molecule has 0 aliphatic carbocycles. The van der Waals surface area contributed by atoms with E-state index in [2.05, 4.69) is 15.2 Å². The van der Waals surface area contributed by atoms with Gasteiger partial charge in [0, 0.05) is 6.20 Å². The Morgan fingerprint density at radius 3 is 2.65 bits per heavy atom. The van der Waals surface area contributed by atoms with Gasteiger partial charge in [0.1, 0.15) is 18.2 Å². The van der Waals surface area contributed by atoms with Crippen molar-refractivity contribution in [1.29, 1.82) is 0 Å². The van der Waals surface area contributed by atoms with Gasteiger partial charge in [0.25, 0.3) is 0 Å². The summed E-state index contributed by atoms with van der Waals surface area (Å²) in [5, 5.41) is 6.96. The zero-order valence-electron chi connectivity index (χ0n) is 10.6. The molecule has 2 aromatic heterocycles. The number of nitrogens with zero attached hydrogens (tertiary/aromatic N) is 3. The molecule has 0 aliphatic rings. The first-order valence-electron chi connectivity index (χ1n) is 6.10. The molecule has 1 aromatic carbocycles. The van der Waals surface area contributed by atoms with Gasteiger partial charge in [-0.25, -0.2) is 4.98 Å². The summed E-state index contributed by atoms with van der Waals surface area (Å²) < 4.78 is 7.95. The molecular weight excluding hydrogens is 272 g/mol. The van der Waals surface area contributed by atoms with E-state index in [-0.39, 0.29) is 0 Å². The topological polar surface area (TPSA) is 55.7 Å². The van der Waals surface area contributed by atoms with Crippen LogP contribution in [0.5, 0.6) is 5.75 Å². The first-order valence-corrected chi connectivity index (χ1v) is 6.51. The Hall–Kier alpha value is -2.47. The zero-order valence-corrected chi connectivity index (χ0v) is 11.4. The number of aromatic nitrogens is 4. The number of H-pyrrole nitrogens is 1. The molecule has 0 aliphatic heterocycles. The number of aromatic amines is 1. The molecule has 0 spiro atoms. The molecule has 0 atom stereocenters. The highest BCUT2D eigenvalue weighted by molar-refractivity contribution is 7.71. The van der Waals surface area contributed by atoms with Crippen molar-refractivity contribution in [2.24, 2.45) is 0 Å². The number of hydrogen-bond acceptors (Lipinski definition) is 4. The lowest BCUT2D eigenvalue weighted by atomic mass is 10.3. The standard InChI is InChI=1S/C14H12N4OS/c20-14-17-16-13(10-19-11-6-2-1-3-7-11)18(14)12-8-4-5-9-15-12/h1-9H,10H2,(H,17,20). The maximum atomic E-state index is 5.69. The maximum Gasteiger partial charge on any atom is 0.201 e. The molecular formula is C14H12N4OS. The third kappa shape index (κ3) is 2.60. The van der Waals surface area contributed by atoms with E-state index < -0.39 is 0 Å². The molecule has 1 N–H and O–H groups in total. The summed E-state index contributed by atoms with van der Waals surface area (Å²) in [5.41, 5.74) is 0. The lowest BCUT2D eigenvalue weighted by molar-refractivity contribution is 0.293. The molecule has 2 heterocycles. The lowest BCUT2D eigenvalue weighted by Gasteiger charge is -2.07. The highest BCUT2D eigenvalue weighted by atomic mass is 32.1. The number of pyridine rings is 1. The molecule has 0 saturated carbocycles. The van der Waals surface area contributed by atoms with E-state index in [1.165, 1.54) is 0 Å². The largest absolute Gasteiger partial charge is 0.486 e. The van der Waals surface area contributed by atoms with E-state index in [4.69, 9.17) is 17.0 Å². The van der Waals surface area contributed by atoms with Gasteiger partial charge in [0.05, 0.1) is 0 Å². The maximum absolute atomic E-state index is 5.69. The summed E-state index contributed by atoms with van der Waals surface area (Å²) in [7, 11) is 0. The van der Waals surface area contributed by atoms with E-state index >= 15 is 0 Å². The van der Waals surface area contributed by atoms with E-state index in [1.54, 1.807) is 10.8 Å². The average Bonchev–Trinajstić information content (AvgIpc) is 2.88. The Morgan fingerprint density at radius 2 is 1.90 bits per heavy atom. The highest BCUT2D eigenvalue weighted by Crippen LogP contribution is 2.13. The number of hydrogen-bond donors (Lipinski definition) is 1. The van der Waals surface area contributed by atoms with Gasteiger partial charge >= 0.3 is 0 Å². The van der Waals surface area contributed by atoms with Crippen molar-refractivity contribution in [2.45, 2.75) is 6.61 Å². The van der Waals surface area contributed by atoms with Gasteiger partial charge in [0.15, 0.2) is 5.82 Å². The van der Waals surface area contributed by atoms with Crippen LogP contribution >= 0.6 is 12.2 Å². The van der Waals surface area contributed by atoms with Crippen LogP contribution in [0.4, 0.5) is 0 Å². The van der Waals surface area contributed by atoms with Crippen LogP contribution < -0.4 is 4.74 Å². The van der Waals surface area contributed by atoms with Gasteiger partial charge in [-0.05, 0) is 36.5 Å². The van der Waals surface area contributed by atoms with Crippen LogP contribution in [-0.4, -0.2) is 19.7 Å². The molecule has 3 rings (SSSR count). The van der Waals surface area contributed by atoms with E-state index in [1.807, 2.05) is 48.5 Å². The average molecular weight is 284 g/mol. The summed E-state index contributed by atoms with van der Waals surface area (Å²) in [6.45, 7) is 0.313. The summed E-state index contributed by atoms with van der Waals surface area (Å²) in [4.78, 5) is 4.28. The molecule has 20 heavy (non-hydrogen) atoms. The van der Waals surface area contributed by atoms with Crippen molar-refractivity contribution in [3.05, 3.63) is 65.3 Å². The van der Waals surface area contributed by atoms with Crippen LogP contribution in [0, 0.1) is 4.77 Å². The van der Waals surface area contributed by atoms with Gasteiger partial charge in [-0.1, -0.05) is 24.3 Å². The zero-order chi connectivity index (χ0) is 13.8. The molecule has 6 heteroatoms. The van der Waals surface area contributed by atoms with Gasteiger partial charge in [-0.2, -0.15) is 5.10 Å². The minimum absolute atomic E-state index is 0.313. The minimum atomic E-state index is 0.313. The molecule has 0 fully saturated rings. The van der Waals surface area contributed by atoms with Gasteiger partial charge in [0.2, 0.25) is 4.77 Å². The number of ether oxygens (including phenoxy) is 1. The van der Waals surface area contributed by atoms with Crippen LogP contribution in [0.3, 0.4) is 0 Å². The van der Waals surface area contributed by atoms with Gasteiger partial charge < -0.3 is 4.74 Å². The van der Waals surface area contributed by atoms with Crippen molar-refractivity contribution >= 4 is 12.2 Å². The molecule has 3 aromatic rings. The molecule has 0 saturated heterocycles. The Balaban J connectivity index is 1.87. The van der Waals surface area contributed by atoms with Crippen LogP contribution in [-0.2, 0) is 6.61 Å². The normalized spacial score (nSPS) is 10.4. The van der Waals surface area contributed by atoms with Crippen LogP contribution in [0.2, 0.25) is 0 Å². The van der Waals surface area contributed by atoms with Gasteiger partial charge in [-0.15, -0.1) is 0 Å². The smallest absolute Gasteiger partial charge is 0.201 e. The summed E-state index contributed by atoms with van der Waals surface area (Å²) in [6.07, 6.45) is 1.71. The van der Waals surface area contributed by atoms with Gasteiger partial charge in [-0.3, -0.25) is 9.67 Å². The molecule has 0 bridgehead atoms. The number of rotatable bonds is 4. The predicted molar refractivity (Wildman–Crippen MR) is 77.3 cm³/mol. The summed E-state index contributed by atoms with van der Waals surface area (Å²) >= 11 is 5.24. The third-order valence-corrected chi connectivity index (χ3v) is 3.01. The van der Waals surface area contributed by atoms with E-state index in [0.717, 1.165) is 11.6 Å². The molecule has 0 radical (unpaired) electrons. The van der Waals surface area contributed by atoms with Crippen molar-refractivity contribution in [3.8, 4) is 11.6 Å². The fourth-order valence-electron chi connectivity index (χ4n) is 1.81. The Kier molecular flexibility index (Phi) is 3.56. The Labute approximate surface area is 120 Å². The summed E-state index contributed by atoms with van der Waals surface area (Å²) in [6, 6.07) is 15.2. The second-order valence-electron chi connectivity index (χ2n) is 4.07. The number of nitrogens with one attached hydrogen (secondary N) is 1. The second-order valence-corrected chi connectivity index (χ2v) is 4.46. The first kappa shape index (κ1) is 12.6. The number of para-hydroxylation sites is 1. The molecule has 0 unspecified atom stereocenters. The Bertz CT molecular complexity index is 737. The minimum Gasteiger partial charge on any atom is -0.486 e. The van der Waals surface area contributed by atoms with Crippen LogP contribution in [0.15, 0.2) is 54.7 Å². The fraction of sp³-hybridized carbons (Fsp3) is 0.0714. The summed E-state index contributed by atoms with van der Waals surface area (Å²) in [5.74, 6) is 2.18. The quantitative estimate of drug-likeness (QED) is 0.748. The Morgan fingerprint density at radius 1 is 1.10 bits per heavy atom. The van der Waals surface area contributed by atoms with E-state index in [9.17, 15) is 0 Å². The lowest BCUT2D eigenvalue weighted by Crippen LogP contribution is -2.06. The molecule has 0 amide bonds. The van der Waals surface area contributed by atoms with Crippen molar-refractivity contribution in [1.82, 2.24) is 19.7 Å². The third-order valence-electron chi connectivity index (χ3n) is 2.73.